The highest BCUT2D eigenvalue weighted by Gasteiger charge is 2.43. The fourth-order valence-corrected chi connectivity index (χ4v) is 3.25. The highest BCUT2D eigenvalue weighted by atomic mass is 35.5. The number of hydrogen-bond donors (Lipinski definition) is 0. The van der Waals surface area contributed by atoms with Crippen molar-refractivity contribution in [3.05, 3.63) is 82.9 Å². The Balaban J connectivity index is 1.57. The lowest BCUT2D eigenvalue weighted by Crippen LogP contribution is -2.02. The Morgan fingerprint density at radius 2 is 1.64 bits per heavy atom. The number of hydrogen-bond acceptors (Lipinski definition) is 1. The monoisotopic (exact) mass is 306 g/mol. The van der Waals surface area contributed by atoms with E-state index < -0.39 is 0 Å². The summed E-state index contributed by atoms with van der Waals surface area (Å²) in [6.07, 6.45) is 0.944. The summed E-state index contributed by atoms with van der Waals surface area (Å²) in [4.78, 5) is 12.5. The molecule has 0 aromatic heterocycles. The van der Waals surface area contributed by atoms with Gasteiger partial charge >= 0.3 is 0 Å². The summed E-state index contributed by atoms with van der Waals surface area (Å²) in [6.45, 7) is 0. The van der Waals surface area contributed by atoms with Crippen LogP contribution in [0.4, 0.5) is 0 Å². The molecule has 0 bridgehead atoms. The number of ketones is 1. The van der Waals surface area contributed by atoms with Crippen LogP contribution in [0.15, 0.2) is 66.7 Å². The van der Waals surface area contributed by atoms with Gasteiger partial charge in [0.2, 0.25) is 0 Å². The van der Waals surface area contributed by atoms with Gasteiger partial charge in [0.15, 0.2) is 5.78 Å². The van der Waals surface area contributed by atoms with Crippen LogP contribution in [0.3, 0.4) is 0 Å². The molecule has 1 saturated carbocycles. The molecule has 2 atom stereocenters. The summed E-state index contributed by atoms with van der Waals surface area (Å²) in [6, 6.07) is 22.1. The lowest BCUT2D eigenvalue weighted by Gasteiger charge is -2.04. The van der Waals surface area contributed by atoms with Crippen molar-refractivity contribution >= 4 is 28.2 Å². The lowest BCUT2D eigenvalue weighted by molar-refractivity contribution is 0.0965. The van der Waals surface area contributed by atoms with Crippen LogP contribution >= 0.6 is 11.6 Å². The SMILES string of the molecule is O=C(c1ccc(Cl)cc1)C1CC1c1ccc2ccccc2c1. The first-order chi connectivity index (χ1) is 10.7. The van der Waals surface area contributed by atoms with Crippen LogP contribution in [-0.2, 0) is 0 Å². The van der Waals surface area contributed by atoms with Crippen molar-refractivity contribution in [1.29, 1.82) is 0 Å². The Labute approximate surface area is 134 Å². The summed E-state index contributed by atoms with van der Waals surface area (Å²) < 4.78 is 0. The average molecular weight is 307 g/mol. The molecule has 0 N–H and O–H groups in total. The van der Waals surface area contributed by atoms with Crippen LogP contribution in [-0.4, -0.2) is 5.78 Å². The fraction of sp³-hybridized carbons (Fsp3) is 0.150. The summed E-state index contributed by atoms with van der Waals surface area (Å²) in [5, 5.41) is 3.15. The van der Waals surface area contributed by atoms with Crippen molar-refractivity contribution in [2.45, 2.75) is 12.3 Å². The molecule has 1 aliphatic rings. The molecule has 0 radical (unpaired) electrons. The standard InChI is InChI=1S/C20H15ClO/c21-17-9-7-14(8-10-17)20(22)19-12-18(19)16-6-5-13-3-1-2-4-15(13)11-16/h1-11,18-19H,12H2. The van der Waals surface area contributed by atoms with Crippen molar-refractivity contribution in [2.75, 3.05) is 0 Å². The van der Waals surface area contributed by atoms with Crippen molar-refractivity contribution in [3.8, 4) is 0 Å². The van der Waals surface area contributed by atoms with Gasteiger partial charge in [-0.1, -0.05) is 54.1 Å². The molecule has 3 aromatic rings. The van der Waals surface area contributed by atoms with Gasteiger partial charge in [0.1, 0.15) is 0 Å². The van der Waals surface area contributed by atoms with Crippen molar-refractivity contribution in [3.63, 3.8) is 0 Å². The van der Waals surface area contributed by atoms with Crippen LogP contribution < -0.4 is 0 Å². The minimum Gasteiger partial charge on any atom is -0.294 e. The van der Waals surface area contributed by atoms with Crippen LogP contribution in [0, 0.1) is 5.92 Å². The largest absolute Gasteiger partial charge is 0.294 e. The second-order valence-electron chi connectivity index (χ2n) is 5.93. The number of carbonyl (C=O) groups is 1. The van der Waals surface area contributed by atoms with Crippen molar-refractivity contribution in [2.24, 2.45) is 5.92 Å². The van der Waals surface area contributed by atoms with Crippen LogP contribution in [0.2, 0.25) is 5.02 Å². The molecular weight excluding hydrogens is 292 g/mol. The number of carbonyl (C=O) groups excluding carboxylic acids is 1. The Hall–Kier alpha value is -2.12. The average Bonchev–Trinajstić information content (AvgIpc) is 3.35. The molecule has 1 nitrogen and oxygen atoms in total. The molecule has 0 amide bonds. The van der Waals surface area contributed by atoms with Crippen molar-refractivity contribution in [1.82, 2.24) is 0 Å². The smallest absolute Gasteiger partial charge is 0.166 e. The van der Waals surface area contributed by atoms with Crippen LogP contribution in [0.25, 0.3) is 10.8 Å². The number of fused-ring (bicyclic) bond motifs is 1. The van der Waals surface area contributed by atoms with E-state index in [0.717, 1.165) is 12.0 Å². The quantitative estimate of drug-likeness (QED) is 0.586. The third-order valence-corrected chi connectivity index (χ3v) is 4.71. The molecule has 1 aliphatic carbocycles. The second kappa shape index (κ2) is 5.26. The predicted molar refractivity (Wildman–Crippen MR) is 90.6 cm³/mol. The van der Waals surface area contributed by atoms with Crippen molar-refractivity contribution < 1.29 is 4.79 Å². The van der Waals surface area contributed by atoms with Gasteiger partial charge in [0, 0.05) is 16.5 Å². The zero-order valence-electron chi connectivity index (χ0n) is 12.0. The van der Waals surface area contributed by atoms with E-state index in [1.165, 1.54) is 16.3 Å². The molecular formula is C20H15ClO. The Morgan fingerprint density at radius 1 is 0.909 bits per heavy atom. The maximum absolute atomic E-state index is 12.5. The summed E-state index contributed by atoms with van der Waals surface area (Å²) in [5.41, 5.74) is 2.03. The fourth-order valence-electron chi connectivity index (χ4n) is 3.12. The van der Waals surface area contributed by atoms with E-state index in [1.54, 1.807) is 12.1 Å². The van der Waals surface area contributed by atoms with E-state index in [9.17, 15) is 4.79 Å². The van der Waals surface area contributed by atoms with Gasteiger partial charge in [0.25, 0.3) is 0 Å². The maximum Gasteiger partial charge on any atom is 0.166 e. The molecule has 0 saturated heterocycles. The Kier molecular flexibility index (Phi) is 3.24. The van der Waals surface area contributed by atoms with Gasteiger partial charge < -0.3 is 0 Å². The Bertz CT molecular complexity index is 851. The normalized spacial score (nSPS) is 20.0. The number of halogens is 1. The van der Waals surface area contributed by atoms with E-state index >= 15 is 0 Å². The molecule has 0 aliphatic heterocycles. The minimum absolute atomic E-state index is 0.113. The third kappa shape index (κ3) is 2.42. The van der Waals surface area contributed by atoms with E-state index in [4.69, 9.17) is 11.6 Å². The molecule has 22 heavy (non-hydrogen) atoms. The van der Waals surface area contributed by atoms with E-state index in [0.29, 0.717) is 10.9 Å². The maximum atomic E-state index is 12.5. The summed E-state index contributed by atoms with van der Waals surface area (Å²) in [7, 11) is 0. The first-order valence-electron chi connectivity index (χ1n) is 7.51. The van der Waals surface area contributed by atoms with Gasteiger partial charge in [-0.25, -0.2) is 0 Å². The van der Waals surface area contributed by atoms with Crippen LogP contribution in [0.5, 0.6) is 0 Å². The number of rotatable bonds is 3. The molecule has 0 spiro atoms. The van der Waals surface area contributed by atoms with Gasteiger partial charge in [-0.2, -0.15) is 0 Å². The molecule has 2 unspecified atom stereocenters. The lowest BCUT2D eigenvalue weighted by atomic mass is 10.0. The zero-order chi connectivity index (χ0) is 15.1. The van der Waals surface area contributed by atoms with Gasteiger partial charge in [-0.15, -0.1) is 0 Å². The van der Waals surface area contributed by atoms with Gasteiger partial charge in [-0.3, -0.25) is 4.79 Å². The number of Topliss-reactive ketones (excluding diaryl/α,β-unsaturated/α-hetero) is 1. The summed E-state index contributed by atoms with van der Waals surface area (Å²) >= 11 is 5.88. The molecule has 1 fully saturated rings. The molecule has 0 heterocycles. The second-order valence-corrected chi connectivity index (χ2v) is 6.36. The first-order valence-corrected chi connectivity index (χ1v) is 7.89. The zero-order valence-corrected chi connectivity index (χ0v) is 12.8. The van der Waals surface area contributed by atoms with Gasteiger partial charge in [0.05, 0.1) is 0 Å². The topological polar surface area (TPSA) is 17.1 Å². The summed E-state index contributed by atoms with van der Waals surface area (Å²) in [5.74, 6) is 0.699. The molecule has 108 valence electrons. The van der Waals surface area contributed by atoms with Crippen LogP contribution in [0.1, 0.15) is 28.3 Å². The highest BCUT2D eigenvalue weighted by Crippen LogP contribution is 2.49. The third-order valence-electron chi connectivity index (χ3n) is 4.46. The Morgan fingerprint density at radius 3 is 2.41 bits per heavy atom. The molecule has 3 aromatic carbocycles. The molecule has 2 heteroatoms. The molecule has 4 rings (SSSR count). The minimum atomic E-state index is 0.113. The first kappa shape index (κ1) is 13.5. The highest BCUT2D eigenvalue weighted by molar-refractivity contribution is 6.30. The number of benzene rings is 3. The van der Waals surface area contributed by atoms with Gasteiger partial charge in [-0.05, 0) is 52.9 Å². The van der Waals surface area contributed by atoms with E-state index in [1.807, 2.05) is 18.2 Å². The predicted octanol–water partition coefficient (Wildman–Crippen LogP) is 5.48. The van der Waals surface area contributed by atoms with E-state index in [-0.39, 0.29) is 11.7 Å². The van der Waals surface area contributed by atoms with E-state index in [2.05, 4.69) is 36.4 Å².